The molecular formula is C11H6F3I. The van der Waals surface area contributed by atoms with Crippen molar-refractivity contribution in [3.8, 4) is 0 Å². The summed E-state index contributed by atoms with van der Waals surface area (Å²) in [5.74, 6) is 0. The molecule has 0 saturated carbocycles. The Morgan fingerprint density at radius 3 is 2.13 bits per heavy atom. The van der Waals surface area contributed by atoms with Gasteiger partial charge in [-0.3, -0.25) is 0 Å². The lowest BCUT2D eigenvalue weighted by Gasteiger charge is -2.10. The molecular weight excluding hydrogens is 316 g/mol. The zero-order valence-corrected chi connectivity index (χ0v) is 9.63. The van der Waals surface area contributed by atoms with Gasteiger partial charge in [0, 0.05) is 3.57 Å². The molecule has 0 spiro atoms. The van der Waals surface area contributed by atoms with E-state index >= 15 is 0 Å². The Balaban J connectivity index is 2.83. The highest BCUT2D eigenvalue weighted by Gasteiger charge is 2.32. The highest BCUT2D eigenvalue weighted by Crippen LogP contribution is 2.35. The van der Waals surface area contributed by atoms with Gasteiger partial charge in [-0.15, -0.1) is 0 Å². The number of alkyl halides is 3. The Bertz CT molecular complexity index is 503. The predicted octanol–water partition coefficient (Wildman–Crippen LogP) is 4.46. The number of hydrogen-bond acceptors (Lipinski definition) is 0. The normalized spacial score (nSPS) is 12.0. The van der Waals surface area contributed by atoms with Crippen LogP contribution in [-0.4, -0.2) is 0 Å². The Morgan fingerprint density at radius 2 is 1.47 bits per heavy atom. The Kier molecular flexibility index (Phi) is 2.62. The molecule has 0 aliphatic heterocycles. The minimum absolute atomic E-state index is 0.261. The number of rotatable bonds is 0. The molecule has 78 valence electrons. The molecule has 2 rings (SSSR count). The van der Waals surface area contributed by atoms with Gasteiger partial charge in [0.25, 0.3) is 0 Å². The Hall–Kier alpha value is -0.780. The van der Waals surface area contributed by atoms with Crippen LogP contribution in [0.1, 0.15) is 5.56 Å². The molecule has 0 nitrogen and oxygen atoms in total. The van der Waals surface area contributed by atoms with Gasteiger partial charge in [-0.2, -0.15) is 13.2 Å². The Morgan fingerprint density at radius 1 is 0.867 bits per heavy atom. The zero-order chi connectivity index (χ0) is 11.1. The minimum atomic E-state index is -4.29. The first kappa shape index (κ1) is 10.7. The molecule has 0 amide bonds. The lowest BCUT2D eigenvalue weighted by Crippen LogP contribution is -2.05. The van der Waals surface area contributed by atoms with E-state index in [2.05, 4.69) is 0 Å². The summed E-state index contributed by atoms with van der Waals surface area (Å²) in [5, 5.41) is 0.907. The fourth-order valence-corrected chi connectivity index (χ4v) is 2.20. The highest BCUT2D eigenvalue weighted by atomic mass is 127. The van der Waals surface area contributed by atoms with Gasteiger partial charge in [0.05, 0.1) is 5.56 Å². The lowest BCUT2D eigenvalue weighted by atomic mass is 10.0. The summed E-state index contributed by atoms with van der Waals surface area (Å²) in [5.41, 5.74) is -0.571. The third-order valence-electron chi connectivity index (χ3n) is 2.17. The van der Waals surface area contributed by atoms with Gasteiger partial charge in [0.2, 0.25) is 0 Å². The number of halogens is 4. The van der Waals surface area contributed by atoms with E-state index in [0.29, 0.717) is 5.39 Å². The summed E-state index contributed by atoms with van der Waals surface area (Å²) in [7, 11) is 0. The molecule has 0 aliphatic rings. The van der Waals surface area contributed by atoms with Crippen LogP contribution in [0.25, 0.3) is 10.8 Å². The Labute approximate surface area is 98.2 Å². The summed E-state index contributed by atoms with van der Waals surface area (Å²) in [6.07, 6.45) is -4.29. The van der Waals surface area contributed by atoms with Crippen LogP contribution in [0.2, 0.25) is 0 Å². The molecule has 0 N–H and O–H groups in total. The largest absolute Gasteiger partial charge is 0.417 e. The van der Waals surface area contributed by atoms with Crippen LogP contribution >= 0.6 is 22.6 Å². The molecule has 0 saturated heterocycles. The second kappa shape index (κ2) is 3.66. The average Bonchev–Trinajstić information content (AvgIpc) is 2.16. The molecule has 4 heteroatoms. The third kappa shape index (κ3) is 1.95. The van der Waals surface area contributed by atoms with Crippen molar-refractivity contribution in [1.29, 1.82) is 0 Å². The monoisotopic (exact) mass is 322 g/mol. The van der Waals surface area contributed by atoms with E-state index in [1.807, 2.05) is 22.6 Å². The molecule has 2 aromatic carbocycles. The maximum Gasteiger partial charge on any atom is 0.417 e. The van der Waals surface area contributed by atoms with E-state index in [1.165, 1.54) is 12.1 Å². The average molecular weight is 322 g/mol. The second-order valence-electron chi connectivity index (χ2n) is 3.14. The van der Waals surface area contributed by atoms with Crippen molar-refractivity contribution in [2.75, 3.05) is 0 Å². The molecule has 0 aromatic heterocycles. The van der Waals surface area contributed by atoms with Crippen molar-refractivity contribution in [3.05, 3.63) is 45.5 Å². The first-order valence-electron chi connectivity index (χ1n) is 4.24. The van der Waals surface area contributed by atoms with Gasteiger partial charge < -0.3 is 0 Å². The molecule has 0 aliphatic carbocycles. The van der Waals surface area contributed by atoms with Crippen LogP contribution in [-0.2, 0) is 6.18 Å². The molecule has 0 bridgehead atoms. The summed E-state index contributed by atoms with van der Waals surface area (Å²) in [6, 6.07) is 9.18. The maximum absolute atomic E-state index is 12.6. The second-order valence-corrected chi connectivity index (χ2v) is 4.30. The number of benzene rings is 2. The molecule has 0 atom stereocenters. The van der Waals surface area contributed by atoms with Crippen molar-refractivity contribution >= 4 is 33.4 Å². The SMILES string of the molecule is FC(F)(F)c1cccc2c(I)cccc12. The van der Waals surface area contributed by atoms with Gasteiger partial charge in [-0.25, -0.2) is 0 Å². The fraction of sp³-hybridized carbons (Fsp3) is 0.0909. The summed E-state index contributed by atoms with van der Waals surface area (Å²) < 4.78 is 38.8. The van der Waals surface area contributed by atoms with Gasteiger partial charge >= 0.3 is 6.18 Å². The first-order valence-corrected chi connectivity index (χ1v) is 5.32. The highest BCUT2D eigenvalue weighted by molar-refractivity contribution is 14.1. The van der Waals surface area contributed by atoms with Crippen LogP contribution < -0.4 is 0 Å². The minimum Gasteiger partial charge on any atom is -0.166 e. The summed E-state index contributed by atoms with van der Waals surface area (Å²) in [6.45, 7) is 0. The smallest absolute Gasteiger partial charge is 0.166 e. The standard InChI is InChI=1S/C11H6F3I/c12-11(13,14)9-5-1-4-8-7(9)3-2-6-10(8)15/h1-6H. The van der Waals surface area contributed by atoms with Crippen molar-refractivity contribution in [3.63, 3.8) is 0 Å². The van der Waals surface area contributed by atoms with E-state index in [9.17, 15) is 13.2 Å². The molecule has 0 heterocycles. The van der Waals surface area contributed by atoms with Gasteiger partial charge in [-0.05, 0) is 45.5 Å². The van der Waals surface area contributed by atoms with Gasteiger partial charge in [0.15, 0.2) is 0 Å². The van der Waals surface area contributed by atoms with Crippen LogP contribution in [0.15, 0.2) is 36.4 Å². The number of hydrogen-bond donors (Lipinski definition) is 0. The van der Waals surface area contributed by atoms with E-state index in [0.717, 1.165) is 9.64 Å². The van der Waals surface area contributed by atoms with Crippen LogP contribution in [0.3, 0.4) is 0 Å². The van der Waals surface area contributed by atoms with Crippen LogP contribution in [0.4, 0.5) is 13.2 Å². The fourth-order valence-electron chi connectivity index (χ4n) is 1.52. The molecule has 0 radical (unpaired) electrons. The van der Waals surface area contributed by atoms with Crippen LogP contribution in [0, 0.1) is 3.57 Å². The van der Waals surface area contributed by atoms with Gasteiger partial charge in [0.1, 0.15) is 0 Å². The lowest BCUT2D eigenvalue weighted by molar-refractivity contribution is -0.136. The molecule has 2 aromatic rings. The number of fused-ring (bicyclic) bond motifs is 1. The summed E-state index contributed by atoms with van der Waals surface area (Å²) in [4.78, 5) is 0. The third-order valence-corrected chi connectivity index (χ3v) is 3.11. The van der Waals surface area contributed by atoms with Crippen molar-refractivity contribution in [1.82, 2.24) is 0 Å². The van der Waals surface area contributed by atoms with Crippen molar-refractivity contribution in [2.24, 2.45) is 0 Å². The van der Waals surface area contributed by atoms with E-state index in [4.69, 9.17) is 0 Å². The van der Waals surface area contributed by atoms with Crippen LogP contribution in [0.5, 0.6) is 0 Å². The summed E-state index contributed by atoms with van der Waals surface area (Å²) >= 11 is 2.04. The molecule has 0 unspecified atom stereocenters. The maximum atomic E-state index is 12.6. The molecule has 15 heavy (non-hydrogen) atoms. The molecule has 0 fully saturated rings. The topological polar surface area (TPSA) is 0 Å². The van der Waals surface area contributed by atoms with E-state index in [1.54, 1.807) is 18.2 Å². The van der Waals surface area contributed by atoms with E-state index in [-0.39, 0.29) is 5.39 Å². The quantitative estimate of drug-likeness (QED) is 0.628. The van der Waals surface area contributed by atoms with Crippen molar-refractivity contribution < 1.29 is 13.2 Å². The van der Waals surface area contributed by atoms with Gasteiger partial charge in [-0.1, -0.05) is 24.3 Å². The zero-order valence-electron chi connectivity index (χ0n) is 7.48. The van der Waals surface area contributed by atoms with Crippen molar-refractivity contribution in [2.45, 2.75) is 6.18 Å². The first-order chi connectivity index (χ1) is 7.00. The predicted molar refractivity (Wildman–Crippen MR) is 61.7 cm³/mol. The van der Waals surface area contributed by atoms with E-state index < -0.39 is 11.7 Å².